The Morgan fingerprint density at radius 3 is 3.05 bits per heavy atom. The van der Waals surface area contributed by atoms with Gasteiger partial charge in [0.1, 0.15) is 0 Å². The Morgan fingerprint density at radius 1 is 1.21 bits per heavy atom. The number of thioether (sulfide) groups is 1. The maximum Gasteiger partial charge on any atom is 0.0591 e. The SMILES string of the molecule is CSCCNCCOCCc1ccc2sccc2c1. The van der Waals surface area contributed by atoms with Crippen LogP contribution in [-0.2, 0) is 11.2 Å². The van der Waals surface area contributed by atoms with E-state index in [-0.39, 0.29) is 0 Å². The Morgan fingerprint density at radius 2 is 2.16 bits per heavy atom. The Kier molecular flexibility index (Phi) is 6.71. The molecule has 0 fully saturated rings. The Balaban J connectivity index is 1.60. The van der Waals surface area contributed by atoms with Crippen molar-refractivity contribution in [2.24, 2.45) is 0 Å². The molecule has 1 heterocycles. The van der Waals surface area contributed by atoms with Crippen molar-refractivity contribution in [3.63, 3.8) is 0 Å². The highest BCUT2D eigenvalue weighted by Crippen LogP contribution is 2.21. The zero-order valence-corrected chi connectivity index (χ0v) is 13.0. The van der Waals surface area contributed by atoms with Gasteiger partial charge >= 0.3 is 0 Å². The summed E-state index contributed by atoms with van der Waals surface area (Å²) < 4.78 is 7.01. The Hall–Kier alpha value is -0.550. The quantitative estimate of drug-likeness (QED) is 0.716. The van der Waals surface area contributed by atoms with Crippen LogP contribution in [0.1, 0.15) is 5.56 Å². The molecule has 0 atom stereocenters. The number of hydrogen-bond acceptors (Lipinski definition) is 4. The molecule has 2 aromatic rings. The molecule has 1 aromatic carbocycles. The molecule has 0 aliphatic carbocycles. The van der Waals surface area contributed by atoms with Crippen LogP contribution in [0, 0.1) is 0 Å². The number of ether oxygens (including phenoxy) is 1. The molecule has 0 saturated carbocycles. The van der Waals surface area contributed by atoms with Crippen molar-refractivity contribution in [2.45, 2.75) is 6.42 Å². The van der Waals surface area contributed by atoms with E-state index in [4.69, 9.17) is 4.74 Å². The molecule has 4 heteroatoms. The van der Waals surface area contributed by atoms with Crippen molar-refractivity contribution in [2.75, 3.05) is 38.3 Å². The predicted molar refractivity (Wildman–Crippen MR) is 87.6 cm³/mol. The third-order valence-corrected chi connectivity index (χ3v) is 4.47. The molecule has 104 valence electrons. The lowest BCUT2D eigenvalue weighted by molar-refractivity contribution is 0.139. The number of benzene rings is 1. The maximum atomic E-state index is 5.64. The van der Waals surface area contributed by atoms with Crippen LogP contribution in [0.15, 0.2) is 29.6 Å². The lowest BCUT2D eigenvalue weighted by Gasteiger charge is -2.06. The number of hydrogen-bond donors (Lipinski definition) is 1. The van der Waals surface area contributed by atoms with Gasteiger partial charge < -0.3 is 10.1 Å². The van der Waals surface area contributed by atoms with Crippen LogP contribution in [0.5, 0.6) is 0 Å². The smallest absolute Gasteiger partial charge is 0.0591 e. The van der Waals surface area contributed by atoms with E-state index in [1.54, 1.807) is 11.3 Å². The third-order valence-electron chi connectivity index (χ3n) is 2.96. The number of thiophene rings is 1. The van der Waals surface area contributed by atoms with Crippen molar-refractivity contribution in [1.29, 1.82) is 0 Å². The minimum atomic E-state index is 0.801. The third kappa shape index (κ3) is 5.15. The van der Waals surface area contributed by atoms with Crippen LogP contribution in [0.25, 0.3) is 10.1 Å². The summed E-state index contributed by atoms with van der Waals surface area (Å²) in [7, 11) is 0. The normalized spacial score (nSPS) is 11.2. The van der Waals surface area contributed by atoms with Crippen molar-refractivity contribution in [3.8, 4) is 0 Å². The van der Waals surface area contributed by atoms with E-state index in [0.717, 1.165) is 32.7 Å². The van der Waals surface area contributed by atoms with E-state index >= 15 is 0 Å². The fraction of sp³-hybridized carbons (Fsp3) is 0.467. The van der Waals surface area contributed by atoms with E-state index in [2.05, 4.69) is 41.2 Å². The molecule has 0 unspecified atom stereocenters. The highest BCUT2D eigenvalue weighted by Gasteiger charge is 1.98. The summed E-state index contributed by atoms with van der Waals surface area (Å²) in [6.07, 6.45) is 3.12. The van der Waals surface area contributed by atoms with Gasteiger partial charge in [0.2, 0.25) is 0 Å². The average molecular weight is 295 g/mol. The zero-order chi connectivity index (χ0) is 13.3. The molecule has 0 bridgehead atoms. The summed E-state index contributed by atoms with van der Waals surface area (Å²) in [4.78, 5) is 0. The Bertz CT molecular complexity index is 484. The molecule has 1 aromatic heterocycles. The molecule has 0 amide bonds. The van der Waals surface area contributed by atoms with E-state index in [0.29, 0.717) is 0 Å². The molecular formula is C15H21NOS2. The van der Waals surface area contributed by atoms with Crippen LogP contribution in [0.2, 0.25) is 0 Å². The first-order chi connectivity index (χ1) is 9.40. The second kappa shape index (κ2) is 8.59. The van der Waals surface area contributed by atoms with E-state index < -0.39 is 0 Å². The van der Waals surface area contributed by atoms with Crippen molar-refractivity contribution < 1.29 is 4.74 Å². The van der Waals surface area contributed by atoms with Gasteiger partial charge in [0, 0.05) is 23.5 Å². The van der Waals surface area contributed by atoms with Crippen LogP contribution in [0.3, 0.4) is 0 Å². The van der Waals surface area contributed by atoms with Gasteiger partial charge in [-0.3, -0.25) is 0 Å². The second-order valence-corrected chi connectivity index (χ2v) is 6.33. The van der Waals surface area contributed by atoms with Gasteiger partial charge in [-0.2, -0.15) is 11.8 Å². The fourth-order valence-corrected chi connectivity index (χ4v) is 3.03. The molecule has 2 nitrogen and oxygen atoms in total. The van der Waals surface area contributed by atoms with E-state index in [1.165, 1.54) is 21.4 Å². The summed E-state index contributed by atoms with van der Waals surface area (Å²) in [5, 5.41) is 6.85. The van der Waals surface area contributed by atoms with Crippen LogP contribution < -0.4 is 5.32 Å². The van der Waals surface area contributed by atoms with Gasteiger partial charge in [-0.15, -0.1) is 11.3 Å². The molecule has 0 aliphatic heterocycles. The lowest BCUT2D eigenvalue weighted by Crippen LogP contribution is -2.22. The minimum Gasteiger partial charge on any atom is -0.380 e. The zero-order valence-electron chi connectivity index (χ0n) is 11.4. The molecule has 0 radical (unpaired) electrons. The molecule has 0 aliphatic rings. The van der Waals surface area contributed by atoms with Gasteiger partial charge in [-0.05, 0) is 41.1 Å². The first-order valence-corrected chi connectivity index (χ1v) is 8.91. The van der Waals surface area contributed by atoms with Crippen molar-refractivity contribution in [1.82, 2.24) is 5.32 Å². The van der Waals surface area contributed by atoms with Gasteiger partial charge in [-0.1, -0.05) is 12.1 Å². The van der Waals surface area contributed by atoms with Crippen molar-refractivity contribution in [3.05, 3.63) is 35.2 Å². The van der Waals surface area contributed by atoms with Crippen LogP contribution in [-0.4, -0.2) is 38.3 Å². The summed E-state index contributed by atoms with van der Waals surface area (Å²) in [6, 6.07) is 8.87. The largest absolute Gasteiger partial charge is 0.380 e. The van der Waals surface area contributed by atoms with Crippen LogP contribution >= 0.6 is 23.1 Å². The fourth-order valence-electron chi connectivity index (χ4n) is 1.91. The summed E-state index contributed by atoms with van der Waals surface area (Å²) in [6.45, 7) is 3.62. The summed E-state index contributed by atoms with van der Waals surface area (Å²) in [5.41, 5.74) is 1.36. The maximum absolute atomic E-state index is 5.64. The lowest BCUT2D eigenvalue weighted by atomic mass is 10.1. The summed E-state index contributed by atoms with van der Waals surface area (Å²) >= 11 is 3.66. The Labute approximate surface area is 123 Å². The van der Waals surface area contributed by atoms with Gasteiger partial charge in [-0.25, -0.2) is 0 Å². The molecular weight excluding hydrogens is 274 g/mol. The monoisotopic (exact) mass is 295 g/mol. The first kappa shape index (κ1) is 14.9. The molecule has 0 saturated heterocycles. The van der Waals surface area contributed by atoms with Gasteiger partial charge in [0.05, 0.1) is 13.2 Å². The van der Waals surface area contributed by atoms with Gasteiger partial charge in [0.25, 0.3) is 0 Å². The van der Waals surface area contributed by atoms with Crippen molar-refractivity contribution >= 4 is 33.2 Å². The van der Waals surface area contributed by atoms with E-state index in [1.807, 2.05) is 11.8 Å². The van der Waals surface area contributed by atoms with Crippen LogP contribution in [0.4, 0.5) is 0 Å². The second-order valence-electron chi connectivity index (χ2n) is 4.40. The predicted octanol–water partition coefficient (Wildman–Crippen LogP) is 3.41. The first-order valence-electron chi connectivity index (χ1n) is 6.63. The highest BCUT2D eigenvalue weighted by molar-refractivity contribution is 7.98. The highest BCUT2D eigenvalue weighted by atomic mass is 32.2. The number of fused-ring (bicyclic) bond motifs is 1. The average Bonchev–Trinajstić information content (AvgIpc) is 2.89. The van der Waals surface area contributed by atoms with Gasteiger partial charge in [0.15, 0.2) is 0 Å². The molecule has 2 rings (SSSR count). The summed E-state index contributed by atoms with van der Waals surface area (Å²) in [5.74, 6) is 1.17. The molecule has 0 spiro atoms. The topological polar surface area (TPSA) is 21.3 Å². The molecule has 19 heavy (non-hydrogen) atoms. The van der Waals surface area contributed by atoms with E-state index in [9.17, 15) is 0 Å². The standard InChI is InChI=1S/C15H21NOS2/c1-18-11-7-16-6-9-17-8-4-13-2-3-15-14(12-13)5-10-19-15/h2-3,5,10,12,16H,4,6-9,11H2,1H3. The number of rotatable bonds is 9. The minimum absolute atomic E-state index is 0.801. The number of nitrogens with one attached hydrogen (secondary N) is 1. The molecule has 1 N–H and O–H groups in total.